The smallest absolute Gasteiger partial charge is 0.227 e. The van der Waals surface area contributed by atoms with E-state index in [0.717, 1.165) is 32.4 Å². The number of nitrogens with zero attached hydrogens (tertiary/aromatic N) is 1. The Balaban J connectivity index is 1.84. The van der Waals surface area contributed by atoms with Crippen LogP contribution in [0.4, 0.5) is 0 Å². The van der Waals surface area contributed by atoms with Crippen LogP contribution >= 0.6 is 0 Å². The van der Waals surface area contributed by atoms with Crippen molar-refractivity contribution >= 4 is 5.91 Å². The number of carbonyl (C=O) groups is 1. The van der Waals surface area contributed by atoms with Crippen molar-refractivity contribution < 1.29 is 14.3 Å². The Morgan fingerprint density at radius 1 is 1.10 bits per heavy atom. The van der Waals surface area contributed by atoms with E-state index in [1.165, 1.54) is 19.3 Å². The second-order valence-corrected chi connectivity index (χ2v) is 6.17. The van der Waals surface area contributed by atoms with Crippen molar-refractivity contribution in [3.05, 3.63) is 0 Å². The molecule has 0 aromatic heterocycles. The molecule has 0 aromatic carbocycles. The van der Waals surface area contributed by atoms with Crippen molar-refractivity contribution in [3.8, 4) is 0 Å². The molecule has 2 rings (SSSR count). The van der Waals surface area contributed by atoms with Crippen molar-refractivity contribution in [1.29, 1.82) is 0 Å². The predicted molar refractivity (Wildman–Crippen MR) is 78.4 cm³/mol. The standard InChI is InChI=1S/C16H29NO3/c1-3-16(4-2)7-5-9-17(10-8-16)14(18)13-15-19-11-6-12-20-15/h15H,3-13H2,1-2H3. The Morgan fingerprint density at radius 3 is 2.45 bits per heavy atom. The van der Waals surface area contributed by atoms with Crippen molar-refractivity contribution in [3.63, 3.8) is 0 Å². The molecule has 2 aliphatic rings. The summed E-state index contributed by atoms with van der Waals surface area (Å²) in [6.07, 6.45) is 6.95. The Labute approximate surface area is 122 Å². The van der Waals surface area contributed by atoms with Crippen LogP contribution in [0.1, 0.15) is 58.8 Å². The molecule has 0 atom stereocenters. The maximum atomic E-state index is 12.4. The van der Waals surface area contributed by atoms with E-state index in [2.05, 4.69) is 13.8 Å². The SMILES string of the molecule is CCC1(CC)CCCN(C(=O)CC2OCCCO2)CC1. The first-order valence-corrected chi connectivity index (χ1v) is 8.20. The molecule has 0 radical (unpaired) electrons. The first-order chi connectivity index (χ1) is 9.69. The molecule has 0 spiro atoms. The molecule has 20 heavy (non-hydrogen) atoms. The molecule has 4 nitrogen and oxygen atoms in total. The van der Waals surface area contributed by atoms with Gasteiger partial charge in [0, 0.05) is 13.1 Å². The molecular weight excluding hydrogens is 254 g/mol. The third-order valence-electron chi connectivity index (χ3n) is 5.14. The van der Waals surface area contributed by atoms with Crippen LogP contribution in [0.2, 0.25) is 0 Å². The minimum absolute atomic E-state index is 0.194. The second-order valence-electron chi connectivity index (χ2n) is 6.17. The minimum atomic E-state index is -0.318. The zero-order chi connectivity index (χ0) is 14.4. The maximum Gasteiger partial charge on any atom is 0.227 e. The first-order valence-electron chi connectivity index (χ1n) is 8.20. The Bertz CT molecular complexity index is 309. The van der Waals surface area contributed by atoms with Gasteiger partial charge in [0.25, 0.3) is 0 Å². The van der Waals surface area contributed by atoms with Crippen LogP contribution in [-0.2, 0) is 14.3 Å². The third kappa shape index (κ3) is 3.95. The summed E-state index contributed by atoms with van der Waals surface area (Å²) in [5.41, 5.74) is 0.451. The topological polar surface area (TPSA) is 38.8 Å². The summed E-state index contributed by atoms with van der Waals surface area (Å²) in [6, 6.07) is 0. The van der Waals surface area contributed by atoms with E-state index in [4.69, 9.17) is 9.47 Å². The summed E-state index contributed by atoms with van der Waals surface area (Å²) in [4.78, 5) is 14.4. The monoisotopic (exact) mass is 283 g/mol. The normalized spacial score (nSPS) is 24.4. The van der Waals surface area contributed by atoms with Gasteiger partial charge < -0.3 is 14.4 Å². The van der Waals surface area contributed by atoms with Gasteiger partial charge in [-0.15, -0.1) is 0 Å². The zero-order valence-electron chi connectivity index (χ0n) is 13.0. The van der Waals surface area contributed by atoms with Crippen molar-refractivity contribution in [2.24, 2.45) is 5.41 Å². The van der Waals surface area contributed by atoms with Crippen LogP contribution in [-0.4, -0.2) is 43.4 Å². The van der Waals surface area contributed by atoms with E-state index in [9.17, 15) is 4.79 Å². The largest absolute Gasteiger partial charge is 0.352 e. The number of hydrogen-bond acceptors (Lipinski definition) is 3. The Hall–Kier alpha value is -0.610. The predicted octanol–water partition coefficient (Wildman–Crippen LogP) is 2.96. The van der Waals surface area contributed by atoms with Crippen molar-refractivity contribution in [1.82, 2.24) is 4.90 Å². The highest BCUT2D eigenvalue weighted by Gasteiger charge is 2.31. The fourth-order valence-electron chi connectivity index (χ4n) is 3.39. The van der Waals surface area contributed by atoms with E-state index in [0.29, 0.717) is 25.0 Å². The molecule has 116 valence electrons. The molecule has 0 bridgehead atoms. The van der Waals surface area contributed by atoms with Gasteiger partial charge >= 0.3 is 0 Å². The van der Waals surface area contributed by atoms with Crippen molar-refractivity contribution in [2.45, 2.75) is 65.1 Å². The molecule has 0 aliphatic carbocycles. The van der Waals surface area contributed by atoms with Gasteiger partial charge in [0.05, 0.1) is 19.6 Å². The lowest BCUT2D eigenvalue weighted by Crippen LogP contribution is -2.37. The molecule has 0 unspecified atom stereocenters. The van der Waals surface area contributed by atoms with Gasteiger partial charge in [-0.05, 0) is 31.1 Å². The Kier molecular flexibility index (Phi) is 5.85. The summed E-state index contributed by atoms with van der Waals surface area (Å²) >= 11 is 0. The second kappa shape index (κ2) is 7.41. The van der Waals surface area contributed by atoms with Gasteiger partial charge in [0.1, 0.15) is 0 Å². The lowest BCUT2D eigenvalue weighted by Gasteiger charge is -2.30. The van der Waals surface area contributed by atoms with Crippen LogP contribution < -0.4 is 0 Å². The van der Waals surface area contributed by atoms with E-state index >= 15 is 0 Å². The van der Waals surface area contributed by atoms with Crippen LogP contribution in [0.3, 0.4) is 0 Å². The highest BCUT2D eigenvalue weighted by Crippen LogP contribution is 2.38. The number of amides is 1. The fourth-order valence-corrected chi connectivity index (χ4v) is 3.39. The third-order valence-corrected chi connectivity index (χ3v) is 5.14. The average Bonchev–Trinajstić information content (AvgIpc) is 2.71. The average molecular weight is 283 g/mol. The number of ether oxygens (including phenoxy) is 2. The lowest BCUT2D eigenvalue weighted by atomic mass is 9.76. The molecule has 2 saturated heterocycles. The number of hydrogen-bond donors (Lipinski definition) is 0. The highest BCUT2D eigenvalue weighted by molar-refractivity contribution is 5.76. The number of carbonyl (C=O) groups excluding carboxylic acids is 1. The van der Waals surface area contributed by atoms with Gasteiger partial charge in [0.2, 0.25) is 5.91 Å². The van der Waals surface area contributed by atoms with Crippen molar-refractivity contribution in [2.75, 3.05) is 26.3 Å². The van der Waals surface area contributed by atoms with Gasteiger partial charge in [0.15, 0.2) is 6.29 Å². The van der Waals surface area contributed by atoms with E-state index < -0.39 is 0 Å². The van der Waals surface area contributed by atoms with Gasteiger partial charge in [-0.1, -0.05) is 26.7 Å². The molecular formula is C16H29NO3. The Morgan fingerprint density at radius 2 is 1.80 bits per heavy atom. The number of rotatable bonds is 4. The van der Waals surface area contributed by atoms with E-state index in [-0.39, 0.29) is 12.2 Å². The molecule has 2 heterocycles. The van der Waals surface area contributed by atoms with Gasteiger partial charge in [-0.3, -0.25) is 4.79 Å². The molecule has 2 fully saturated rings. The van der Waals surface area contributed by atoms with E-state index in [1.54, 1.807) is 0 Å². The molecule has 0 saturated carbocycles. The molecule has 4 heteroatoms. The zero-order valence-corrected chi connectivity index (χ0v) is 13.0. The lowest BCUT2D eigenvalue weighted by molar-refractivity contribution is -0.187. The van der Waals surface area contributed by atoms with Gasteiger partial charge in [-0.25, -0.2) is 0 Å². The molecule has 1 amide bonds. The quantitative estimate of drug-likeness (QED) is 0.796. The first kappa shape index (κ1) is 15.8. The minimum Gasteiger partial charge on any atom is -0.352 e. The summed E-state index contributed by atoms with van der Waals surface area (Å²) in [5.74, 6) is 0.194. The highest BCUT2D eigenvalue weighted by atomic mass is 16.7. The van der Waals surface area contributed by atoms with E-state index in [1.807, 2.05) is 4.90 Å². The van der Waals surface area contributed by atoms with Crippen LogP contribution in [0.5, 0.6) is 0 Å². The summed E-state index contributed by atoms with van der Waals surface area (Å²) in [5, 5.41) is 0. The molecule has 0 aromatic rings. The molecule has 2 aliphatic heterocycles. The summed E-state index contributed by atoms with van der Waals surface area (Å²) in [6.45, 7) is 7.79. The summed E-state index contributed by atoms with van der Waals surface area (Å²) < 4.78 is 11.0. The summed E-state index contributed by atoms with van der Waals surface area (Å²) in [7, 11) is 0. The van der Waals surface area contributed by atoms with Crippen LogP contribution in [0.25, 0.3) is 0 Å². The van der Waals surface area contributed by atoms with Crippen LogP contribution in [0, 0.1) is 5.41 Å². The maximum absolute atomic E-state index is 12.4. The fraction of sp³-hybridized carbons (Fsp3) is 0.938. The van der Waals surface area contributed by atoms with Crippen LogP contribution in [0.15, 0.2) is 0 Å². The number of likely N-dealkylation sites (tertiary alicyclic amines) is 1. The molecule has 0 N–H and O–H groups in total. The van der Waals surface area contributed by atoms with Gasteiger partial charge in [-0.2, -0.15) is 0 Å².